The fourth-order valence-corrected chi connectivity index (χ4v) is 2.70. The van der Waals surface area contributed by atoms with Gasteiger partial charge in [-0.25, -0.2) is 0 Å². The Morgan fingerprint density at radius 3 is 2.80 bits per heavy atom. The van der Waals surface area contributed by atoms with Crippen LogP contribution in [0.5, 0.6) is 11.5 Å². The topological polar surface area (TPSA) is 92.4 Å². The zero-order valence-corrected chi connectivity index (χ0v) is 13.5. The maximum absolute atomic E-state index is 12.6. The van der Waals surface area contributed by atoms with E-state index in [2.05, 4.69) is 9.89 Å². The minimum atomic E-state index is -3.02. The number of nitrogens with two attached hydrogens (primary N) is 1. The van der Waals surface area contributed by atoms with Crippen molar-refractivity contribution >= 4 is 11.6 Å². The van der Waals surface area contributed by atoms with E-state index in [9.17, 15) is 13.6 Å². The molecule has 2 aliphatic heterocycles. The Bertz CT molecular complexity index is 689. The molecular formula is C16H18F2N2O5. The first kappa shape index (κ1) is 17.4. The molecular weight excluding hydrogens is 338 g/mol. The molecule has 1 amide bonds. The van der Waals surface area contributed by atoms with Crippen LogP contribution in [0, 0.1) is 0 Å². The summed E-state index contributed by atoms with van der Waals surface area (Å²) in [4.78, 5) is 16.7. The van der Waals surface area contributed by atoms with Gasteiger partial charge < -0.3 is 24.8 Å². The van der Waals surface area contributed by atoms with E-state index in [1.54, 1.807) is 6.07 Å². The van der Waals surface area contributed by atoms with Gasteiger partial charge in [-0.15, -0.1) is 0 Å². The molecule has 136 valence electrons. The van der Waals surface area contributed by atoms with Crippen LogP contribution in [-0.4, -0.2) is 43.1 Å². The molecule has 3 rings (SSSR count). The standard InChI is InChI=1S/C16H18F2N2O5/c1-9(14(19)21)23-13-6-10(2-3-12(13)24-15(17)18)11-7-16(25-20-11)4-5-22-8-16/h2-3,6,9,15H,4-5,7-8H2,1H3,(H2,19,21). The van der Waals surface area contributed by atoms with E-state index in [1.165, 1.54) is 19.1 Å². The highest BCUT2D eigenvalue weighted by molar-refractivity contribution is 6.02. The second-order valence-electron chi connectivity index (χ2n) is 5.99. The van der Waals surface area contributed by atoms with Gasteiger partial charge in [0.25, 0.3) is 5.91 Å². The van der Waals surface area contributed by atoms with E-state index in [0.717, 1.165) is 6.42 Å². The summed E-state index contributed by atoms with van der Waals surface area (Å²) in [5.41, 5.74) is 5.97. The fraction of sp³-hybridized carbons (Fsp3) is 0.500. The average Bonchev–Trinajstić information content (AvgIpc) is 3.19. The number of hydrogen-bond donors (Lipinski definition) is 1. The summed E-state index contributed by atoms with van der Waals surface area (Å²) < 4.78 is 40.3. The molecule has 0 bridgehead atoms. The largest absolute Gasteiger partial charge is 0.477 e. The third kappa shape index (κ3) is 3.81. The van der Waals surface area contributed by atoms with Gasteiger partial charge in [0, 0.05) is 18.4 Å². The van der Waals surface area contributed by atoms with Crippen LogP contribution in [0.25, 0.3) is 0 Å². The van der Waals surface area contributed by atoms with Crippen molar-refractivity contribution in [1.82, 2.24) is 0 Å². The Labute approximate surface area is 142 Å². The van der Waals surface area contributed by atoms with Crippen LogP contribution in [-0.2, 0) is 14.4 Å². The lowest BCUT2D eigenvalue weighted by Gasteiger charge is -2.18. The molecule has 2 aliphatic rings. The molecule has 7 nitrogen and oxygen atoms in total. The van der Waals surface area contributed by atoms with Crippen molar-refractivity contribution in [2.75, 3.05) is 13.2 Å². The number of hydrogen-bond acceptors (Lipinski definition) is 6. The number of carbonyl (C=O) groups is 1. The van der Waals surface area contributed by atoms with E-state index in [0.29, 0.717) is 30.9 Å². The molecule has 1 aromatic carbocycles. The number of amides is 1. The fourth-order valence-electron chi connectivity index (χ4n) is 2.70. The van der Waals surface area contributed by atoms with Crippen molar-refractivity contribution in [2.45, 2.75) is 38.1 Å². The minimum absolute atomic E-state index is 0.0181. The highest BCUT2D eigenvalue weighted by Gasteiger charge is 2.43. The summed E-state index contributed by atoms with van der Waals surface area (Å²) in [5, 5.41) is 4.09. The molecule has 2 atom stereocenters. The van der Waals surface area contributed by atoms with Gasteiger partial charge >= 0.3 is 6.61 Å². The first-order valence-corrected chi connectivity index (χ1v) is 7.76. The Balaban J connectivity index is 1.84. The second kappa shape index (κ2) is 6.83. The normalized spacial score (nSPS) is 23.4. The molecule has 2 N–H and O–H groups in total. The predicted molar refractivity (Wildman–Crippen MR) is 82.8 cm³/mol. The monoisotopic (exact) mass is 356 g/mol. The lowest BCUT2D eigenvalue weighted by Crippen LogP contribution is -2.31. The number of nitrogens with zero attached hydrogens (tertiary/aromatic N) is 1. The molecule has 2 unspecified atom stereocenters. The first-order valence-electron chi connectivity index (χ1n) is 7.76. The van der Waals surface area contributed by atoms with Crippen LogP contribution >= 0.6 is 0 Å². The highest BCUT2D eigenvalue weighted by Crippen LogP contribution is 2.36. The van der Waals surface area contributed by atoms with Gasteiger partial charge in [0.15, 0.2) is 23.2 Å². The molecule has 9 heteroatoms. The summed E-state index contributed by atoms with van der Waals surface area (Å²) in [5.74, 6) is -0.933. The van der Waals surface area contributed by atoms with Crippen LogP contribution in [0.1, 0.15) is 25.3 Å². The molecule has 0 saturated carbocycles. The van der Waals surface area contributed by atoms with Crippen molar-refractivity contribution in [3.05, 3.63) is 23.8 Å². The number of ether oxygens (including phenoxy) is 3. The molecule has 1 aromatic rings. The van der Waals surface area contributed by atoms with E-state index in [-0.39, 0.29) is 11.5 Å². The van der Waals surface area contributed by atoms with Gasteiger partial charge in [-0.1, -0.05) is 5.16 Å². The molecule has 1 fully saturated rings. The summed E-state index contributed by atoms with van der Waals surface area (Å²) in [6, 6.07) is 4.40. The zero-order valence-electron chi connectivity index (χ0n) is 13.5. The smallest absolute Gasteiger partial charge is 0.387 e. The molecule has 25 heavy (non-hydrogen) atoms. The third-order valence-electron chi connectivity index (χ3n) is 4.10. The lowest BCUT2D eigenvalue weighted by molar-refractivity contribution is -0.124. The molecule has 1 spiro atoms. The maximum atomic E-state index is 12.6. The van der Waals surface area contributed by atoms with Crippen molar-refractivity contribution in [3.8, 4) is 11.5 Å². The summed E-state index contributed by atoms with van der Waals surface area (Å²) in [6.45, 7) is -0.547. The summed E-state index contributed by atoms with van der Waals surface area (Å²) >= 11 is 0. The number of carbonyl (C=O) groups excluding carboxylic acids is 1. The van der Waals surface area contributed by atoms with E-state index in [4.69, 9.17) is 20.0 Å². The molecule has 0 aliphatic carbocycles. The molecule has 2 heterocycles. The third-order valence-corrected chi connectivity index (χ3v) is 4.10. The van der Waals surface area contributed by atoms with Gasteiger partial charge in [0.2, 0.25) is 0 Å². The van der Waals surface area contributed by atoms with Crippen LogP contribution < -0.4 is 15.2 Å². The number of alkyl halides is 2. The number of rotatable bonds is 6. The van der Waals surface area contributed by atoms with Crippen molar-refractivity contribution in [1.29, 1.82) is 0 Å². The summed E-state index contributed by atoms with van der Waals surface area (Å²) in [6.07, 6.45) is 0.258. The SMILES string of the molecule is CC(Oc1cc(C2=NOC3(CCOC3)C2)ccc1OC(F)F)C(N)=O. The Hall–Kier alpha value is -2.42. The van der Waals surface area contributed by atoms with Crippen molar-refractivity contribution < 1.29 is 32.6 Å². The molecule has 0 radical (unpaired) electrons. The number of halogens is 2. The molecule has 0 aromatic heterocycles. The van der Waals surface area contributed by atoms with E-state index in [1.807, 2.05) is 0 Å². The van der Waals surface area contributed by atoms with Gasteiger partial charge in [-0.3, -0.25) is 4.79 Å². The number of primary amides is 1. The number of benzene rings is 1. The second-order valence-corrected chi connectivity index (χ2v) is 5.99. The van der Waals surface area contributed by atoms with Crippen LogP contribution in [0.3, 0.4) is 0 Å². The molecule has 1 saturated heterocycles. The Morgan fingerprint density at radius 1 is 1.36 bits per heavy atom. The van der Waals surface area contributed by atoms with Crippen molar-refractivity contribution in [2.24, 2.45) is 10.9 Å². The van der Waals surface area contributed by atoms with Crippen molar-refractivity contribution in [3.63, 3.8) is 0 Å². The Kier molecular flexibility index (Phi) is 4.76. The van der Waals surface area contributed by atoms with Gasteiger partial charge in [-0.2, -0.15) is 8.78 Å². The Morgan fingerprint density at radius 2 is 2.16 bits per heavy atom. The summed E-state index contributed by atoms with van der Waals surface area (Å²) in [7, 11) is 0. The van der Waals surface area contributed by atoms with E-state index < -0.39 is 24.2 Å². The van der Waals surface area contributed by atoms with Gasteiger partial charge in [0.1, 0.15) is 0 Å². The minimum Gasteiger partial charge on any atom is -0.477 e. The maximum Gasteiger partial charge on any atom is 0.387 e. The average molecular weight is 356 g/mol. The van der Waals surface area contributed by atoms with Gasteiger partial charge in [-0.05, 0) is 25.1 Å². The lowest BCUT2D eigenvalue weighted by atomic mass is 9.93. The zero-order chi connectivity index (χ0) is 18.0. The number of oxime groups is 1. The predicted octanol–water partition coefficient (Wildman–Crippen LogP) is 1.82. The van der Waals surface area contributed by atoms with Crippen LogP contribution in [0.15, 0.2) is 23.4 Å². The quantitative estimate of drug-likeness (QED) is 0.839. The highest BCUT2D eigenvalue weighted by atomic mass is 19.3. The van der Waals surface area contributed by atoms with Crippen LogP contribution in [0.2, 0.25) is 0 Å². The van der Waals surface area contributed by atoms with E-state index >= 15 is 0 Å². The van der Waals surface area contributed by atoms with Crippen LogP contribution in [0.4, 0.5) is 8.78 Å². The first-order chi connectivity index (χ1) is 11.9. The van der Waals surface area contributed by atoms with Gasteiger partial charge in [0.05, 0.1) is 18.9 Å².